The zero-order chi connectivity index (χ0) is 17.5. The van der Waals surface area contributed by atoms with Crippen molar-refractivity contribution in [2.45, 2.75) is 4.90 Å². The number of rotatable bonds is 5. The fourth-order valence-corrected chi connectivity index (χ4v) is 3.13. The number of para-hydroxylation sites is 2. The van der Waals surface area contributed by atoms with Crippen molar-refractivity contribution >= 4 is 35.1 Å². The van der Waals surface area contributed by atoms with E-state index in [1.807, 2.05) is 48.7 Å². The van der Waals surface area contributed by atoms with E-state index in [0.717, 1.165) is 30.0 Å². The minimum atomic E-state index is -0.130. The van der Waals surface area contributed by atoms with Crippen LogP contribution in [0.5, 0.6) is 0 Å². The van der Waals surface area contributed by atoms with Crippen LogP contribution < -0.4 is 10.2 Å². The summed E-state index contributed by atoms with van der Waals surface area (Å²) in [6, 6.07) is 16.0. The summed E-state index contributed by atoms with van der Waals surface area (Å²) >= 11 is 1.70. The standard InChI is InChI=1S/C20H22N2O2S/c1-25-17-9-6-16(7-10-17)8-11-20(23)21-18-4-2-3-5-19(18)22-12-14-24-15-13-22/h2-11H,12-15H2,1H3,(H,21,23)/b11-8+. The van der Waals surface area contributed by atoms with Crippen molar-refractivity contribution in [2.75, 3.05) is 42.8 Å². The number of benzene rings is 2. The maximum absolute atomic E-state index is 12.3. The number of hydrogen-bond donors (Lipinski definition) is 1. The first-order chi connectivity index (χ1) is 12.3. The molecule has 1 fully saturated rings. The molecule has 0 aromatic heterocycles. The highest BCUT2D eigenvalue weighted by Gasteiger charge is 2.15. The third-order valence-electron chi connectivity index (χ3n) is 4.06. The highest BCUT2D eigenvalue weighted by Crippen LogP contribution is 2.26. The van der Waals surface area contributed by atoms with E-state index in [1.165, 1.54) is 4.90 Å². The molecule has 0 radical (unpaired) electrons. The van der Waals surface area contributed by atoms with E-state index in [2.05, 4.69) is 22.3 Å². The van der Waals surface area contributed by atoms with Crippen LogP contribution in [0.25, 0.3) is 6.08 Å². The summed E-state index contributed by atoms with van der Waals surface area (Å²) in [5.74, 6) is -0.130. The van der Waals surface area contributed by atoms with Crippen LogP contribution >= 0.6 is 11.8 Å². The molecule has 2 aromatic carbocycles. The van der Waals surface area contributed by atoms with Gasteiger partial charge in [-0.25, -0.2) is 0 Å². The Morgan fingerprint density at radius 2 is 1.84 bits per heavy atom. The fraction of sp³-hybridized carbons (Fsp3) is 0.250. The van der Waals surface area contributed by atoms with Crippen LogP contribution in [0.2, 0.25) is 0 Å². The van der Waals surface area contributed by atoms with E-state index in [-0.39, 0.29) is 5.91 Å². The number of carbonyl (C=O) groups excluding carboxylic acids is 1. The molecule has 2 aromatic rings. The molecule has 1 N–H and O–H groups in total. The van der Waals surface area contributed by atoms with E-state index >= 15 is 0 Å². The number of nitrogens with one attached hydrogen (secondary N) is 1. The molecule has 1 heterocycles. The number of morpholine rings is 1. The summed E-state index contributed by atoms with van der Waals surface area (Å²) in [6.07, 6.45) is 5.45. The predicted molar refractivity (Wildman–Crippen MR) is 105 cm³/mol. The van der Waals surface area contributed by atoms with Crippen molar-refractivity contribution in [3.63, 3.8) is 0 Å². The number of carbonyl (C=O) groups is 1. The molecule has 0 unspecified atom stereocenters. The molecule has 0 atom stereocenters. The van der Waals surface area contributed by atoms with Gasteiger partial charge in [-0.3, -0.25) is 4.79 Å². The lowest BCUT2D eigenvalue weighted by Crippen LogP contribution is -2.36. The van der Waals surface area contributed by atoms with Crippen LogP contribution in [0.15, 0.2) is 59.5 Å². The topological polar surface area (TPSA) is 41.6 Å². The molecule has 0 saturated carbocycles. The second-order valence-electron chi connectivity index (χ2n) is 5.71. The first-order valence-electron chi connectivity index (χ1n) is 8.31. The Kier molecular flexibility index (Phi) is 6.14. The molecule has 1 aliphatic rings. The van der Waals surface area contributed by atoms with Crippen LogP contribution in [0, 0.1) is 0 Å². The minimum absolute atomic E-state index is 0.130. The molecule has 25 heavy (non-hydrogen) atoms. The van der Waals surface area contributed by atoms with Crippen molar-refractivity contribution in [2.24, 2.45) is 0 Å². The predicted octanol–water partition coefficient (Wildman–Crippen LogP) is 3.90. The van der Waals surface area contributed by atoms with Crippen LogP contribution in [0.1, 0.15) is 5.56 Å². The molecular formula is C20H22N2O2S. The maximum atomic E-state index is 12.3. The molecule has 1 aliphatic heterocycles. The van der Waals surface area contributed by atoms with Gasteiger partial charge in [0.25, 0.3) is 0 Å². The monoisotopic (exact) mass is 354 g/mol. The molecule has 5 heteroatoms. The van der Waals surface area contributed by atoms with Crippen molar-refractivity contribution in [3.05, 3.63) is 60.2 Å². The average Bonchev–Trinajstić information content (AvgIpc) is 2.68. The van der Waals surface area contributed by atoms with Crippen molar-refractivity contribution in [1.82, 2.24) is 0 Å². The van der Waals surface area contributed by atoms with Crippen LogP contribution in [-0.4, -0.2) is 38.5 Å². The fourth-order valence-electron chi connectivity index (χ4n) is 2.72. The zero-order valence-electron chi connectivity index (χ0n) is 14.3. The summed E-state index contributed by atoms with van der Waals surface area (Å²) < 4.78 is 5.40. The van der Waals surface area contributed by atoms with Gasteiger partial charge in [0.2, 0.25) is 5.91 Å². The van der Waals surface area contributed by atoms with Gasteiger partial charge >= 0.3 is 0 Å². The number of hydrogen-bond acceptors (Lipinski definition) is 4. The number of anilines is 2. The highest BCUT2D eigenvalue weighted by atomic mass is 32.2. The van der Waals surface area contributed by atoms with E-state index in [1.54, 1.807) is 17.8 Å². The number of ether oxygens (including phenoxy) is 1. The number of thioether (sulfide) groups is 1. The number of amides is 1. The minimum Gasteiger partial charge on any atom is -0.378 e. The van der Waals surface area contributed by atoms with Crippen LogP contribution in [0.4, 0.5) is 11.4 Å². The first kappa shape index (κ1) is 17.6. The van der Waals surface area contributed by atoms with Gasteiger partial charge in [0.1, 0.15) is 0 Å². The van der Waals surface area contributed by atoms with Crippen molar-refractivity contribution in [3.8, 4) is 0 Å². The summed E-state index contributed by atoms with van der Waals surface area (Å²) in [5, 5.41) is 2.99. The van der Waals surface area contributed by atoms with Gasteiger partial charge in [0, 0.05) is 24.1 Å². The zero-order valence-corrected chi connectivity index (χ0v) is 15.1. The lowest BCUT2D eigenvalue weighted by molar-refractivity contribution is -0.111. The largest absolute Gasteiger partial charge is 0.378 e. The summed E-state index contributed by atoms with van der Waals surface area (Å²) in [5.41, 5.74) is 2.88. The summed E-state index contributed by atoms with van der Waals surface area (Å²) in [6.45, 7) is 3.11. The second-order valence-corrected chi connectivity index (χ2v) is 6.59. The molecule has 3 rings (SSSR count). The lowest BCUT2D eigenvalue weighted by atomic mass is 10.2. The molecular weight excluding hydrogens is 332 g/mol. The van der Waals surface area contributed by atoms with Crippen LogP contribution in [-0.2, 0) is 9.53 Å². The number of nitrogens with zero attached hydrogens (tertiary/aromatic N) is 1. The van der Waals surface area contributed by atoms with Gasteiger partial charge in [-0.15, -0.1) is 11.8 Å². The Morgan fingerprint density at radius 1 is 1.12 bits per heavy atom. The molecule has 0 aliphatic carbocycles. The lowest BCUT2D eigenvalue weighted by Gasteiger charge is -2.30. The first-order valence-corrected chi connectivity index (χ1v) is 9.53. The Hall–Kier alpha value is -2.24. The van der Waals surface area contributed by atoms with E-state index < -0.39 is 0 Å². The smallest absolute Gasteiger partial charge is 0.248 e. The van der Waals surface area contributed by atoms with E-state index in [0.29, 0.717) is 13.2 Å². The van der Waals surface area contributed by atoms with Gasteiger partial charge in [-0.05, 0) is 42.2 Å². The van der Waals surface area contributed by atoms with E-state index in [4.69, 9.17) is 4.74 Å². The quantitative estimate of drug-likeness (QED) is 0.653. The second kappa shape index (κ2) is 8.74. The Bertz CT molecular complexity index is 738. The van der Waals surface area contributed by atoms with Gasteiger partial charge in [0.15, 0.2) is 0 Å². The third-order valence-corrected chi connectivity index (χ3v) is 4.80. The van der Waals surface area contributed by atoms with Gasteiger partial charge in [0.05, 0.1) is 24.6 Å². The Labute approximate surface area is 152 Å². The van der Waals surface area contributed by atoms with E-state index in [9.17, 15) is 4.79 Å². The Balaban J connectivity index is 1.67. The molecule has 0 bridgehead atoms. The molecule has 1 saturated heterocycles. The van der Waals surface area contributed by atoms with Gasteiger partial charge < -0.3 is 15.0 Å². The summed E-state index contributed by atoms with van der Waals surface area (Å²) in [4.78, 5) is 15.7. The van der Waals surface area contributed by atoms with Crippen molar-refractivity contribution < 1.29 is 9.53 Å². The molecule has 130 valence electrons. The maximum Gasteiger partial charge on any atom is 0.248 e. The van der Waals surface area contributed by atoms with Crippen molar-refractivity contribution in [1.29, 1.82) is 0 Å². The average molecular weight is 354 g/mol. The van der Waals surface area contributed by atoms with Crippen LogP contribution in [0.3, 0.4) is 0 Å². The van der Waals surface area contributed by atoms with Gasteiger partial charge in [-0.1, -0.05) is 24.3 Å². The Morgan fingerprint density at radius 3 is 2.56 bits per heavy atom. The normalized spacial score (nSPS) is 14.7. The molecule has 1 amide bonds. The molecule has 4 nitrogen and oxygen atoms in total. The SMILES string of the molecule is CSc1ccc(/C=C/C(=O)Nc2ccccc2N2CCOCC2)cc1. The van der Waals surface area contributed by atoms with Gasteiger partial charge in [-0.2, -0.15) is 0 Å². The highest BCUT2D eigenvalue weighted by molar-refractivity contribution is 7.98. The summed E-state index contributed by atoms with van der Waals surface area (Å²) in [7, 11) is 0. The molecule has 0 spiro atoms. The third kappa shape index (κ3) is 4.87.